The third-order valence-electron chi connectivity index (χ3n) is 5.69. The van der Waals surface area contributed by atoms with Crippen LogP contribution in [-0.4, -0.2) is 48.4 Å². The average Bonchev–Trinajstić information content (AvgIpc) is 3.39. The summed E-state index contributed by atoms with van der Waals surface area (Å²) in [5.74, 6) is -0.127. The van der Waals surface area contributed by atoms with E-state index in [1.165, 1.54) is 6.92 Å². The second kappa shape index (κ2) is 9.96. The summed E-state index contributed by atoms with van der Waals surface area (Å²) < 4.78 is 30.2. The number of Topliss-reactive ketones (excluding diaryl/α,β-unsaturated/α-hetero) is 1. The second-order valence-corrected chi connectivity index (χ2v) is 9.73. The van der Waals surface area contributed by atoms with Gasteiger partial charge in [0.25, 0.3) is 0 Å². The molecule has 2 aromatic carbocycles. The van der Waals surface area contributed by atoms with E-state index in [1.807, 2.05) is 35.2 Å². The number of fused-ring (bicyclic) bond motifs is 2. The molecule has 0 saturated carbocycles. The lowest BCUT2D eigenvalue weighted by molar-refractivity contribution is -0.146. The Kier molecular flexibility index (Phi) is 7.06. The van der Waals surface area contributed by atoms with E-state index >= 15 is 0 Å². The normalized spacial score (nSPS) is 24.7. The first-order valence-corrected chi connectivity index (χ1v) is 12.2. The van der Waals surface area contributed by atoms with Crippen LogP contribution in [0.4, 0.5) is 0 Å². The summed E-state index contributed by atoms with van der Waals surface area (Å²) in [4.78, 5) is 27.0. The molecule has 5 atom stereocenters. The number of carbonyl (C=O) groups is 2. The molecule has 2 heterocycles. The van der Waals surface area contributed by atoms with Gasteiger partial charge in [-0.25, -0.2) is 4.57 Å². The molecule has 1 N–H and O–H groups in total. The largest absolute Gasteiger partial charge is 0.460 e. The van der Waals surface area contributed by atoms with Gasteiger partial charge in [-0.05, 0) is 37.6 Å². The SMILES string of the molecule is C[C@H](NP(=O)(OC[C@H]1C(=O)C2CCN1C2)Oc1ccccc1)C(=O)OCc1ccccc1. The molecule has 2 aliphatic heterocycles. The van der Waals surface area contributed by atoms with Crippen LogP contribution in [-0.2, 0) is 30.0 Å². The summed E-state index contributed by atoms with van der Waals surface area (Å²) in [6, 6.07) is 16.4. The van der Waals surface area contributed by atoms with Crippen molar-refractivity contribution in [2.45, 2.75) is 32.0 Å². The van der Waals surface area contributed by atoms with E-state index in [-0.39, 0.29) is 24.9 Å². The molecule has 0 radical (unpaired) electrons. The zero-order chi connectivity index (χ0) is 22.6. The van der Waals surface area contributed by atoms with Crippen molar-refractivity contribution in [2.75, 3.05) is 19.7 Å². The van der Waals surface area contributed by atoms with Gasteiger partial charge >= 0.3 is 13.7 Å². The summed E-state index contributed by atoms with van der Waals surface area (Å²) >= 11 is 0. The number of ketones is 1. The number of rotatable bonds is 10. The lowest BCUT2D eigenvalue weighted by Gasteiger charge is -2.27. The lowest BCUT2D eigenvalue weighted by Crippen LogP contribution is -2.41. The van der Waals surface area contributed by atoms with Gasteiger partial charge in [-0.15, -0.1) is 0 Å². The van der Waals surface area contributed by atoms with Crippen molar-refractivity contribution >= 4 is 19.5 Å². The third kappa shape index (κ3) is 5.45. The summed E-state index contributed by atoms with van der Waals surface area (Å²) in [5.41, 5.74) is 0.844. The van der Waals surface area contributed by atoms with Crippen LogP contribution in [0.2, 0.25) is 0 Å². The maximum atomic E-state index is 13.5. The third-order valence-corrected chi connectivity index (χ3v) is 7.34. The minimum absolute atomic E-state index is 0.0258. The molecule has 2 saturated heterocycles. The highest BCUT2D eigenvalue weighted by atomic mass is 31.2. The standard InChI is InChI=1S/C23H27N2O6P/c1-17(23(27)29-15-18-8-4-2-5-9-18)24-32(28,31-20-10-6-3-7-11-20)30-16-21-22(26)19-12-13-25(21)14-19/h2-11,17,19,21H,12-16H2,1H3,(H,24,28)/t17-,19?,21-,32?/m0/s1. The van der Waals surface area contributed by atoms with Gasteiger partial charge in [-0.1, -0.05) is 48.5 Å². The Labute approximate surface area is 187 Å². The van der Waals surface area contributed by atoms with E-state index in [0.717, 1.165) is 18.5 Å². The minimum atomic E-state index is -3.98. The highest BCUT2D eigenvalue weighted by Gasteiger charge is 2.46. The molecule has 0 spiro atoms. The first kappa shape index (κ1) is 22.7. The number of nitrogens with zero attached hydrogens (tertiary/aromatic N) is 1. The van der Waals surface area contributed by atoms with Gasteiger partial charge in [0.1, 0.15) is 18.4 Å². The van der Waals surface area contributed by atoms with Crippen molar-refractivity contribution < 1.29 is 27.9 Å². The fourth-order valence-electron chi connectivity index (χ4n) is 3.96. The van der Waals surface area contributed by atoms with Gasteiger partial charge in [-0.2, -0.15) is 5.09 Å². The molecule has 4 rings (SSSR count). The molecular formula is C23H27N2O6P. The van der Waals surface area contributed by atoms with Crippen molar-refractivity contribution in [3.63, 3.8) is 0 Å². The highest BCUT2D eigenvalue weighted by molar-refractivity contribution is 7.52. The Balaban J connectivity index is 1.40. The molecule has 2 aliphatic rings. The van der Waals surface area contributed by atoms with Crippen LogP contribution in [0.3, 0.4) is 0 Å². The maximum Gasteiger partial charge on any atom is 0.459 e. The predicted molar refractivity (Wildman–Crippen MR) is 118 cm³/mol. The molecule has 0 amide bonds. The van der Waals surface area contributed by atoms with E-state index in [2.05, 4.69) is 5.09 Å². The number of benzene rings is 2. The van der Waals surface area contributed by atoms with E-state index in [1.54, 1.807) is 30.3 Å². The number of piperidine rings is 1. The summed E-state index contributed by atoms with van der Waals surface area (Å²) in [7, 11) is -3.98. The average molecular weight is 458 g/mol. The highest BCUT2D eigenvalue weighted by Crippen LogP contribution is 2.46. The van der Waals surface area contributed by atoms with Gasteiger partial charge in [0.2, 0.25) is 0 Å². The monoisotopic (exact) mass is 458 g/mol. The van der Waals surface area contributed by atoms with Crippen LogP contribution < -0.4 is 9.61 Å². The molecular weight excluding hydrogens is 431 g/mol. The van der Waals surface area contributed by atoms with E-state index in [9.17, 15) is 14.2 Å². The molecule has 9 heteroatoms. The van der Waals surface area contributed by atoms with Gasteiger partial charge < -0.3 is 9.26 Å². The zero-order valence-corrected chi connectivity index (χ0v) is 18.8. The topological polar surface area (TPSA) is 94.2 Å². The van der Waals surface area contributed by atoms with Crippen molar-refractivity contribution in [1.29, 1.82) is 0 Å². The Hall–Kier alpha value is -2.51. The Morgan fingerprint density at radius 1 is 1.16 bits per heavy atom. The Bertz CT molecular complexity index is 986. The van der Waals surface area contributed by atoms with Crippen molar-refractivity contribution in [1.82, 2.24) is 9.99 Å². The molecule has 2 aromatic rings. The number of para-hydroxylation sites is 1. The summed E-state index contributed by atoms with van der Waals surface area (Å²) in [6.45, 7) is 3.10. The van der Waals surface area contributed by atoms with Crippen molar-refractivity contribution in [3.05, 3.63) is 66.2 Å². The van der Waals surface area contributed by atoms with E-state index < -0.39 is 25.8 Å². The van der Waals surface area contributed by atoms with Gasteiger partial charge in [0, 0.05) is 12.5 Å². The molecule has 170 valence electrons. The van der Waals surface area contributed by atoms with E-state index in [4.69, 9.17) is 13.8 Å². The van der Waals surface area contributed by atoms with Crippen LogP contribution in [0, 0.1) is 5.92 Å². The first-order chi connectivity index (χ1) is 15.4. The number of hydrogen-bond acceptors (Lipinski definition) is 7. The number of nitrogens with one attached hydrogen (secondary N) is 1. The second-order valence-electron chi connectivity index (χ2n) is 8.04. The lowest BCUT2D eigenvalue weighted by atomic mass is 9.99. The van der Waals surface area contributed by atoms with Crippen molar-refractivity contribution in [3.8, 4) is 5.75 Å². The fourth-order valence-corrected chi connectivity index (χ4v) is 5.46. The predicted octanol–water partition coefficient (Wildman–Crippen LogP) is 3.18. The molecule has 3 unspecified atom stereocenters. The van der Waals surface area contributed by atoms with Gasteiger partial charge in [0.15, 0.2) is 5.78 Å². The number of carbonyl (C=O) groups excluding carboxylic acids is 2. The Morgan fingerprint density at radius 2 is 1.84 bits per heavy atom. The molecule has 0 aliphatic carbocycles. The van der Waals surface area contributed by atoms with Crippen LogP contribution >= 0.6 is 7.75 Å². The number of hydrogen-bond donors (Lipinski definition) is 1. The Morgan fingerprint density at radius 3 is 2.50 bits per heavy atom. The number of ether oxygens (including phenoxy) is 1. The van der Waals surface area contributed by atoms with E-state index in [0.29, 0.717) is 12.3 Å². The van der Waals surface area contributed by atoms with Gasteiger partial charge in [0.05, 0.1) is 12.6 Å². The van der Waals surface area contributed by atoms with Crippen LogP contribution in [0.5, 0.6) is 5.75 Å². The molecule has 2 bridgehead atoms. The quantitative estimate of drug-likeness (QED) is 0.429. The maximum absolute atomic E-state index is 13.5. The van der Waals surface area contributed by atoms with Crippen LogP contribution in [0.1, 0.15) is 18.9 Å². The summed E-state index contributed by atoms with van der Waals surface area (Å²) in [5, 5.41) is 2.67. The summed E-state index contributed by atoms with van der Waals surface area (Å²) in [6.07, 6.45) is 0.857. The fraction of sp³-hybridized carbons (Fsp3) is 0.391. The smallest absolute Gasteiger partial charge is 0.459 e. The molecule has 0 aromatic heterocycles. The van der Waals surface area contributed by atoms with Gasteiger partial charge in [-0.3, -0.25) is 19.0 Å². The zero-order valence-electron chi connectivity index (χ0n) is 17.9. The first-order valence-electron chi connectivity index (χ1n) is 10.7. The van der Waals surface area contributed by atoms with Crippen LogP contribution in [0.15, 0.2) is 60.7 Å². The molecule has 2 fully saturated rings. The minimum Gasteiger partial charge on any atom is -0.460 e. The van der Waals surface area contributed by atoms with Crippen molar-refractivity contribution in [2.24, 2.45) is 5.92 Å². The molecule has 8 nitrogen and oxygen atoms in total. The van der Waals surface area contributed by atoms with Crippen LogP contribution in [0.25, 0.3) is 0 Å². The number of esters is 1. The molecule has 32 heavy (non-hydrogen) atoms.